The number of likely N-dealkylation sites (N-methyl/N-ethyl adjacent to an activating group) is 3. The molecule has 4 aromatic rings. The lowest BCUT2D eigenvalue weighted by molar-refractivity contribution is -0.138. The molecule has 662 valence electrons. The molecule has 2 amide bonds. The van der Waals surface area contributed by atoms with Gasteiger partial charge in [-0.1, -0.05) is 17.7 Å². The highest BCUT2D eigenvalue weighted by molar-refractivity contribution is 7.89. The average molecular weight is 1750 g/mol. The smallest absolute Gasteiger partial charge is 0.297 e. The Morgan fingerprint density at radius 3 is 0.974 bits per heavy atom. The molecule has 0 radical (unpaired) electrons. The van der Waals surface area contributed by atoms with E-state index in [1.807, 2.05) is 16.7 Å². The van der Waals surface area contributed by atoms with Crippen LogP contribution in [-0.2, 0) is 73.0 Å². The molecule has 34 heteroatoms. The quantitative estimate of drug-likeness (QED) is 0.0227. The van der Waals surface area contributed by atoms with Crippen molar-refractivity contribution in [3.8, 4) is 17.2 Å². The predicted octanol–water partition coefficient (Wildman–Crippen LogP) is 9.43. The third kappa shape index (κ3) is 31.4. The number of likely N-dealkylation sites (tertiary alicyclic amines) is 3. The van der Waals surface area contributed by atoms with Crippen LogP contribution in [0.1, 0.15) is 116 Å². The monoisotopic (exact) mass is 1740 g/mol. The van der Waals surface area contributed by atoms with Gasteiger partial charge in [0.25, 0.3) is 10.1 Å². The van der Waals surface area contributed by atoms with Crippen molar-refractivity contribution in [2.24, 2.45) is 35.5 Å². The average Bonchev–Trinajstić information content (AvgIpc) is 0.792. The van der Waals surface area contributed by atoms with E-state index in [9.17, 15) is 56.8 Å². The van der Waals surface area contributed by atoms with E-state index in [1.165, 1.54) is 118 Å². The van der Waals surface area contributed by atoms with Crippen molar-refractivity contribution in [1.29, 1.82) is 0 Å². The van der Waals surface area contributed by atoms with E-state index in [0.29, 0.717) is 73.9 Å². The number of rotatable bonds is 33. The molecule has 10 rings (SSSR count). The molecule has 0 aliphatic carbocycles. The zero-order valence-electron chi connectivity index (χ0n) is 71.2. The van der Waals surface area contributed by atoms with Crippen LogP contribution in [0, 0.1) is 84.0 Å². The number of hydrogen-bond acceptors (Lipinski definition) is 22. The van der Waals surface area contributed by atoms with E-state index in [4.69, 9.17) is 40.0 Å². The molecule has 0 spiro atoms. The summed E-state index contributed by atoms with van der Waals surface area (Å²) in [5, 5.41) is 9.68. The number of sulfonamides is 3. The van der Waals surface area contributed by atoms with Gasteiger partial charge >= 0.3 is 0 Å². The van der Waals surface area contributed by atoms with Gasteiger partial charge in [0, 0.05) is 73.5 Å². The first-order valence-corrected chi connectivity index (χ1v) is 47.0. The number of benzene rings is 4. The first-order valence-electron chi connectivity index (χ1n) is 40.9. The van der Waals surface area contributed by atoms with Crippen LogP contribution in [0.3, 0.4) is 0 Å². The van der Waals surface area contributed by atoms with Crippen molar-refractivity contribution in [2.75, 3.05) is 207 Å². The highest BCUT2D eigenvalue weighted by atomic mass is 35.5. The van der Waals surface area contributed by atoms with E-state index in [0.717, 1.165) is 120 Å². The fourth-order valence-corrected chi connectivity index (χ4v) is 21.9. The molecule has 27 nitrogen and oxygen atoms in total. The molecule has 0 aromatic heterocycles. The second-order valence-corrected chi connectivity index (χ2v) is 39.1. The summed E-state index contributed by atoms with van der Waals surface area (Å²) in [7, 11) is -5.61. The lowest BCUT2D eigenvalue weighted by Crippen LogP contribution is -2.44. The summed E-state index contributed by atoms with van der Waals surface area (Å²) < 4.78 is 164. The molecule has 4 aromatic carbocycles. The molecule has 0 unspecified atom stereocenters. The topological polar surface area (TPSA) is 308 Å². The van der Waals surface area contributed by atoms with Crippen molar-refractivity contribution < 1.29 is 89.4 Å². The largest absolute Gasteiger partial charge is 0.497 e. The van der Waals surface area contributed by atoms with E-state index in [2.05, 4.69) is 25.0 Å². The number of amides is 2. The highest BCUT2D eigenvalue weighted by Crippen LogP contribution is 2.36. The van der Waals surface area contributed by atoms with Gasteiger partial charge in [0.2, 0.25) is 47.1 Å². The van der Waals surface area contributed by atoms with Gasteiger partial charge < -0.3 is 59.1 Å². The molecule has 0 saturated carbocycles. The molecule has 6 aliphatic heterocycles. The zero-order valence-corrected chi connectivity index (χ0v) is 75.2. The van der Waals surface area contributed by atoms with Gasteiger partial charge in [0.15, 0.2) is 0 Å². The highest BCUT2D eigenvalue weighted by Gasteiger charge is 2.35. The van der Waals surface area contributed by atoms with E-state index < -0.39 is 58.7 Å². The van der Waals surface area contributed by atoms with E-state index >= 15 is 0 Å². The standard InChI is InChI=1S/C26H42FN3O5S.C24H39N3O5S.C14H20ClNO5S.C10H20N2.C9H11FO3S/c1-20-17-24(34-4)18-21(2)26(20)36(32,33)28(3)15-16-35-19-25(31)30-12-7-23(8-13-30)22-5-10-29(11-6-22)14-9-27;1-18-15-22(31-4)16-19(2)24(18)33(29,30)26(3)13-14-32-17-23(28)27-11-7-21(8-12-27)20-5-9-25-10-6-20;1-10-7-12(20-4)8-11(2)14(10)22(18,19)16(3)5-6-21-9-13(15)17;1-5-11-6-2-9(1)10-3-7-12-8-4-10;1-8-2-4-9(5-3-8)14(11,12)13-7-6-10/h17-18,22-23H,5-16,19H2,1-4H3;15-16,20-21,25H,5-14,17H2,1-4H3;7-8H,5-6,9H2,1-4H3;9-12H,1-8H2;2-5H,6-7H2,1H3. The Morgan fingerprint density at radius 2 is 0.701 bits per heavy atom. The maximum Gasteiger partial charge on any atom is 0.297 e. The van der Waals surface area contributed by atoms with Gasteiger partial charge in [-0.3, -0.25) is 18.6 Å². The Kier molecular flexibility index (Phi) is 42.9. The molecule has 0 atom stereocenters. The minimum atomic E-state index is -3.78. The summed E-state index contributed by atoms with van der Waals surface area (Å²) in [5.74, 6) is 6.70. The van der Waals surface area contributed by atoms with Crippen LogP contribution in [0.2, 0.25) is 0 Å². The summed E-state index contributed by atoms with van der Waals surface area (Å²) in [6.45, 7) is 24.2. The molecule has 6 saturated heterocycles. The number of nitrogens with one attached hydrogen (secondary N) is 3. The van der Waals surface area contributed by atoms with Gasteiger partial charge in [-0.25, -0.2) is 34.0 Å². The number of nitrogens with zero attached hydrogens (tertiary/aromatic N) is 6. The number of hydrogen-bond donors (Lipinski definition) is 3. The fraction of sp³-hybridized carbons (Fsp3) is 0.675. The van der Waals surface area contributed by atoms with Gasteiger partial charge in [-0.15, -0.1) is 0 Å². The molecular weight excluding hydrogens is 1610 g/mol. The summed E-state index contributed by atoms with van der Waals surface area (Å²) in [6.07, 6.45) is 14.5. The fourth-order valence-electron chi connectivity index (χ4n) is 16.2. The van der Waals surface area contributed by atoms with Crippen LogP contribution in [-0.4, -0.2) is 285 Å². The molecule has 6 heterocycles. The maximum atomic E-state index is 13.1. The third-order valence-electron chi connectivity index (χ3n) is 22.9. The zero-order chi connectivity index (χ0) is 86.0. The lowest BCUT2D eigenvalue weighted by Gasteiger charge is -2.40. The molecule has 117 heavy (non-hydrogen) atoms. The number of carbonyl (C=O) groups excluding carboxylic acids is 3. The first kappa shape index (κ1) is 100. The van der Waals surface area contributed by atoms with Gasteiger partial charge in [-0.05, 0) is 307 Å². The number of ether oxygens (including phenoxy) is 6. The van der Waals surface area contributed by atoms with Gasteiger partial charge in [0.05, 0.1) is 67.3 Å². The Bertz CT molecular complexity index is 4110. The maximum absolute atomic E-state index is 13.1. The number of carbonyl (C=O) groups is 3. The number of piperidine rings is 6. The second-order valence-electron chi connectivity index (χ2n) is 31.1. The summed E-state index contributed by atoms with van der Waals surface area (Å²) in [5.41, 5.74) is 4.72. The minimum Gasteiger partial charge on any atom is -0.497 e. The van der Waals surface area contributed by atoms with E-state index in [1.54, 1.807) is 104 Å². The third-order valence-corrected chi connectivity index (χ3v) is 30.9. The van der Waals surface area contributed by atoms with Crippen molar-refractivity contribution >= 4 is 68.8 Å². The van der Waals surface area contributed by atoms with Gasteiger partial charge in [-0.2, -0.15) is 21.3 Å². The van der Waals surface area contributed by atoms with Gasteiger partial charge in [0.1, 0.15) is 50.4 Å². The Balaban J connectivity index is 0.000000240. The first-order chi connectivity index (χ1) is 55.6. The summed E-state index contributed by atoms with van der Waals surface area (Å²) in [6, 6.07) is 16.4. The number of halogens is 3. The molecular formula is C83H132ClF2N9O18S4. The summed E-state index contributed by atoms with van der Waals surface area (Å²) in [4.78, 5) is 42.5. The van der Waals surface area contributed by atoms with Crippen LogP contribution in [0.15, 0.2) is 80.2 Å². The normalized spacial score (nSPS) is 17.6. The molecule has 6 fully saturated rings. The minimum absolute atomic E-state index is 0.00745. The van der Waals surface area contributed by atoms with Crippen molar-refractivity contribution in [3.05, 3.63) is 99.6 Å². The molecule has 6 aliphatic rings. The summed E-state index contributed by atoms with van der Waals surface area (Å²) >= 11 is 5.14. The van der Waals surface area contributed by atoms with Crippen LogP contribution in [0.25, 0.3) is 0 Å². The van der Waals surface area contributed by atoms with Crippen molar-refractivity contribution in [3.63, 3.8) is 0 Å². The molecule has 3 N–H and O–H groups in total. The predicted molar refractivity (Wildman–Crippen MR) is 451 cm³/mol. The molecule has 0 bridgehead atoms. The Labute approximate surface area is 701 Å². The van der Waals surface area contributed by atoms with Crippen molar-refractivity contribution in [2.45, 2.75) is 145 Å². The number of alkyl halides is 2. The number of aryl methyl sites for hydroxylation is 7. The van der Waals surface area contributed by atoms with Crippen molar-refractivity contribution in [1.82, 2.24) is 43.6 Å². The SMILES string of the molecule is C1CC(C2CCNCC2)CCN1.COc1cc(C)c(S(=O)(=O)N(C)CCOCC(=O)Cl)c(C)c1.COc1cc(C)c(S(=O)(=O)N(C)CCOCC(=O)N2CCC(C3CCN(CCF)CC3)CC2)c(C)c1.COc1cc(C)c(S(=O)(=O)N(C)CCOCC(=O)N2CCC(C3CCNCC3)CC2)c(C)c1.Cc1ccc(S(=O)(=O)OCCF)cc1. The Hall–Kier alpha value is -5.60. The van der Waals surface area contributed by atoms with Crippen LogP contribution < -0.4 is 30.2 Å². The number of methoxy groups -OCH3 is 3. The van der Waals surface area contributed by atoms with E-state index in [-0.39, 0.29) is 92.5 Å². The van der Waals surface area contributed by atoms with Crippen LogP contribution in [0.5, 0.6) is 17.2 Å². The Morgan fingerprint density at radius 1 is 0.419 bits per heavy atom. The second kappa shape index (κ2) is 50.1. The van der Waals surface area contributed by atoms with Crippen LogP contribution >= 0.6 is 11.6 Å². The van der Waals surface area contributed by atoms with Crippen LogP contribution in [0.4, 0.5) is 8.78 Å². The lowest BCUT2D eigenvalue weighted by atomic mass is 9.79.